The predicted octanol–water partition coefficient (Wildman–Crippen LogP) is 0.275. The van der Waals surface area contributed by atoms with Gasteiger partial charge in [0.15, 0.2) is 0 Å². The Hall–Kier alpha value is -1.01. The SMILES string of the molecule is Cn1cc(C(N)CNCC(F)F)cn1. The summed E-state index contributed by atoms with van der Waals surface area (Å²) in [6.45, 7) is 0.00396. The summed E-state index contributed by atoms with van der Waals surface area (Å²) in [4.78, 5) is 0. The van der Waals surface area contributed by atoms with Gasteiger partial charge in [0.25, 0.3) is 6.43 Å². The number of rotatable bonds is 5. The minimum absolute atomic E-state index is 0.289. The van der Waals surface area contributed by atoms with E-state index in [1.54, 1.807) is 24.1 Å². The molecule has 4 nitrogen and oxygen atoms in total. The zero-order chi connectivity index (χ0) is 10.6. The molecule has 0 radical (unpaired) electrons. The number of aromatic nitrogens is 2. The second kappa shape index (κ2) is 5.02. The van der Waals surface area contributed by atoms with Crippen molar-refractivity contribution in [3.63, 3.8) is 0 Å². The summed E-state index contributed by atoms with van der Waals surface area (Å²) in [5.74, 6) is 0. The molecule has 1 aromatic rings. The van der Waals surface area contributed by atoms with Crippen molar-refractivity contribution in [3.05, 3.63) is 18.0 Å². The molecule has 80 valence electrons. The first-order valence-electron chi connectivity index (χ1n) is 4.32. The van der Waals surface area contributed by atoms with Crippen molar-refractivity contribution in [1.29, 1.82) is 0 Å². The molecule has 3 N–H and O–H groups in total. The van der Waals surface area contributed by atoms with Gasteiger partial charge in [-0.25, -0.2) is 8.78 Å². The number of nitrogens with zero attached hydrogens (tertiary/aromatic N) is 2. The number of hydrogen-bond donors (Lipinski definition) is 2. The minimum atomic E-state index is -2.34. The Balaban J connectivity index is 2.32. The molecule has 6 heteroatoms. The van der Waals surface area contributed by atoms with E-state index in [4.69, 9.17) is 5.73 Å². The molecule has 0 spiro atoms. The van der Waals surface area contributed by atoms with Gasteiger partial charge in [-0.2, -0.15) is 5.10 Å². The molecule has 1 atom stereocenters. The first kappa shape index (κ1) is 11.1. The highest BCUT2D eigenvalue weighted by Gasteiger charge is 2.08. The Labute approximate surface area is 81.1 Å². The molecule has 0 saturated carbocycles. The van der Waals surface area contributed by atoms with Crippen LogP contribution < -0.4 is 11.1 Å². The maximum atomic E-state index is 11.8. The van der Waals surface area contributed by atoms with Crippen LogP contribution in [0.5, 0.6) is 0 Å². The number of nitrogens with two attached hydrogens (primary N) is 1. The number of alkyl halides is 2. The van der Waals surface area contributed by atoms with Crippen LogP contribution >= 0.6 is 0 Å². The normalized spacial score (nSPS) is 13.5. The van der Waals surface area contributed by atoms with E-state index in [1.807, 2.05) is 0 Å². The lowest BCUT2D eigenvalue weighted by Crippen LogP contribution is -2.30. The third kappa shape index (κ3) is 3.39. The van der Waals surface area contributed by atoms with Crippen molar-refractivity contribution in [1.82, 2.24) is 15.1 Å². The van der Waals surface area contributed by atoms with E-state index >= 15 is 0 Å². The molecule has 0 bridgehead atoms. The van der Waals surface area contributed by atoms with Gasteiger partial charge >= 0.3 is 0 Å². The molecule has 14 heavy (non-hydrogen) atoms. The molecule has 0 aliphatic rings. The predicted molar refractivity (Wildman–Crippen MR) is 49.0 cm³/mol. The van der Waals surface area contributed by atoms with Crippen molar-refractivity contribution in [2.24, 2.45) is 12.8 Å². The second-order valence-corrected chi connectivity index (χ2v) is 3.10. The number of nitrogens with one attached hydrogen (secondary N) is 1. The van der Waals surface area contributed by atoms with Gasteiger partial charge in [0.1, 0.15) is 0 Å². The Bertz CT molecular complexity index is 274. The third-order valence-corrected chi connectivity index (χ3v) is 1.82. The fourth-order valence-electron chi connectivity index (χ4n) is 1.10. The van der Waals surface area contributed by atoms with Gasteiger partial charge in [-0.15, -0.1) is 0 Å². The van der Waals surface area contributed by atoms with Crippen molar-refractivity contribution in [3.8, 4) is 0 Å². The Kier molecular flexibility index (Phi) is 3.97. The molecule has 1 heterocycles. The smallest absolute Gasteiger partial charge is 0.250 e. The van der Waals surface area contributed by atoms with Crippen LogP contribution in [-0.2, 0) is 7.05 Å². The van der Waals surface area contributed by atoms with E-state index in [1.165, 1.54) is 0 Å². The highest BCUT2D eigenvalue weighted by molar-refractivity contribution is 5.09. The average Bonchev–Trinajstić information content (AvgIpc) is 2.51. The number of aryl methyl sites for hydroxylation is 1. The van der Waals surface area contributed by atoms with Crippen LogP contribution in [0.15, 0.2) is 12.4 Å². The molecule has 0 amide bonds. The molecule has 1 rings (SSSR count). The van der Waals surface area contributed by atoms with Crippen LogP contribution in [0.4, 0.5) is 8.78 Å². The van der Waals surface area contributed by atoms with Gasteiger partial charge in [-0.3, -0.25) is 4.68 Å². The molecular weight excluding hydrogens is 190 g/mol. The first-order chi connectivity index (χ1) is 6.59. The number of halogens is 2. The van der Waals surface area contributed by atoms with Crippen molar-refractivity contribution in [2.45, 2.75) is 12.5 Å². The van der Waals surface area contributed by atoms with E-state index in [0.29, 0.717) is 6.54 Å². The quantitative estimate of drug-likeness (QED) is 0.724. The monoisotopic (exact) mass is 204 g/mol. The molecule has 0 aliphatic heterocycles. The lowest BCUT2D eigenvalue weighted by Gasteiger charge is -2.10. The van der Waals surface area contributed by atoms with Gasteiger partial charge in [0.05, 0.1) is 12.7 Å². The molecule has 0 saturated heterocycles. The van der Waals surface area contributed by atoms with Crippen molar-refractivity contribution in [2.75, 3.05) is 13.1 Å². The molecule has 0 fully saturated rings. The fraction of sp³-hybridized carbons (Fsp3) is 0.625. The van der Waals surface area contributed by atoms with Crippen molar-refractivity contribution < 1.29 is 8.78 Å². The van der Waals surface area contributed by atoms with Crippen LogP contribution in [0.1, 0.15) is 11.6 Å². The van der Waals surface area contributed by atoms with Gasteiger partial charge in [-0.05, 0) is 0 Å². The lowest BCUT2D eigenvalue weighted by molar-refractivity contribution is 0.145. The van der Waals surface area contributed by atoms with Crippen LogP contribution in [0.25, 0.3) is 0 Å². The van der Waals surface area contributed by atoms with Crippen LogP contribution in [0.3, 0.4) is 0 Å². The summed E-state index contributed by atoms with van der Waals surface area (Å²) in [7, 11) is 1.78. The summed E-state index contributed by atoms with van der Waals surface area (Å²) < 4.78 is 25.2. The summed E-state index contributed by atoms with van der Waals surface area (Å²) in [6, 6.07) is -0.289. The molecular formula is C8H14F2N4. The largest absolute Gasteiger partial charge is 0.323 e. The maximum absolute atomic E-state index is 11.8. The average molecular weight is 204 g/mol. The zero-order valence-corrected chi connectivity index (χ0v) is 7.95. The van der Waals surface area contributed by atoms with Crippen LogP contribution in [0.2, 0.25) is 0 Å². The van der Waals surface area contributed by atoms with Gasteiger partial charge in [-0.1, -0.05) is 0 Å². The Morgan fingerprint density at radius 2 is 2.29 bits per heavy atom. The first-order valence-corrected chi connectivity index (χ1v) is 4.32. The highest BCUT2D eigenvalue weighted by Crippen LogP contribution is 2.06. The summed E-state index contributed by atoms with van der Waals surface area (Å²) in [6.07, 6.45) is 1.07. The molecule has 1 aromatic heterocycles. The maximum Gasteiger partial charge on any atom is 0.250 e. The van der Waals surface area contributed by atoms with E-state index in [9.17, 15) is 8.78 Å². The highest BCUT2D eigenvalue weighted by atomic mass is 19.3. The van der Waals surface area contributed by atoms with E-state index in [-0.39, 0.29) is 12.6 Å². The number of hydrogen-bond acceptors (Lipinski definition) is 3. The fourth-order valence-corrected chi connectivity index (χ4v) is 1.10. The topological polar surface area (TPSA) is 55.9 Å². The second-order valence-electron chi connectivity index (χ2n) is 3.10. The lowest BCUT2D eigenvalue weighted by atomic mass is 10.2. The minimum Gasteiger partial charge on any atom is -0.323 e. The molecule has 0 aliphatic carbocycles. The third-order valence-electron chi connectivity index (χ3n) is 1.82. The van der Waals surface area contributed by atoms with Crippen molar-refractivity contribution >= 4 is 0 Å². The van der Waals surface area contributed by atoms with Gasteiger partial charge < -0.3 is 11.1 Å². The molecule has 1 unspecified atom stereocenters. The van der Waals surface area contributed by atoms with E-state index in [0.717, 1.165) is 5.56 Å². The summed E-state index contributed by atoms with van der Waals surface area (Å²) >= 11 is 0. The Morgan fingerprint density at radius 1 is 1.57 bits per heavy atom. The standard InChI is InChI=1S/C8H14F2N4/c1-14-5-6(2-13-14)7(11)3-12-4-8(9)10/h2,5,7-8,12H,3-4,11H2,1H3. The van der Waals surface area contributed by atoms with E-state index < -0.39 is 6.43 Å². The summed E-state index contributed by atoms with van der Waals surface area (Å²) in [5.41, 5.74) is 6.58. The van der Waals surface area contributed by atoms with E-state index in [2.05, 4.69) is 10.4 Å². The molecule has 0 aromatic carbocycles. The van der Waals surface area contributed by atoms with Gasteiger partial charge in [0, 0.05) is 31.4 Å². The zero-order valence-electron chi connectivity index (χ0n) is 7.95. The van der Waals surface area contributed by atoms with Gasteiger partial charge in [0.2, 0.25) is 0 Å². The van der Waals surface area contributed by atoms with Crippen LogP contribution in [-0.4, -0.2) is 29.3 Å². The van der Waals surface area contributed by atoms with Crippen LogP contribution in [0, 0.1) is 0 Å². The summed E-state index contributed by atoms with van der Waals surface area (Å²) in [5, 5.41) is 6.52. The Morgan fingerprint density at radius 3 is 2.79 bits per heavy atom.